The van der Waals surface area contributed by atoms with Crippen LogP contribution >= 0.6 is 0 Å². The molecule has 0 atom stereocenters. The van der Waals surface area contributed by atoms with Crippen molar-refractivity contribution in [1.82, 2.24) is 0 Å². The molecule has 1 amide bonds. The van der Waals surface area contributed by atoms with Gasteiger partial charge in [0.1, 0.15) is 29.4 Å². The van der Waals surface area contributed by atoms with Crippen LogP contribution in [0.4, 0.5) is 17.1 Å². The molecule has 0 aliphatic heterocycles. The van der Waals surface area contributed by atoms with Gasteiger partial charge in [0.2, 0.25) is 0 Å². The number of para-hydroxylation sites is 2. The first kappa shape index (κ1) is 31.4. The zero-order valence-corrected chi connectivity index (χ0v) is 25.0. The number of aromatic hydroxyl groups is 1. The van der Waals surface area contributed by atoms with Crippen molar-refractivity contribution in [1.29, 1.82) is 0 Å². The Bertz CT molecular complexity index is 1580. The highest BCUT2D eigenvalue weighted by atomic mass is 16.5. The van der Waals surface area contributed by atoms with Crippen LogP contribution in [0.25, 0.3) is 10.8 Å². The number of hydrogen-bond donors (Lipinski definition) is 4. The van der Waals surface area contributed by atoms with E-state index in [0.717, 1.165) is 47.9 Å². The summed E-state index contributed by atoms with van der Waals surface area (Å²) in [6.07, 6.45) is 1.83. The molecule has 0 saturated heterocycles. The summed E-state index contributed by atoms with van der Waals surface area (Å²) in [6.45, 7) is 3.89. The molecule has 0 heterocycles. The maximum atomic E-state index is 13.4. The lowest BCUT2D eigenvalue weighted by atomic mass is 10.0. The van der Waals surface area contributed by atoms with Crippen LogP contribution in [0.3, 0.4) is 0 Å². The second-order valence-electron chi connectivity index (χ2n) is 10.7. The lowest BCUT2D eigenvalue weighted by Gasteiger charge is -2.35. The first-order valence-electron chi connectivity index (χ1n) is 14.3. The van der Waals surface area contributed by atoms with Crippen LogP contribution in [-0.4, -0.2) is 62.9 Å². The number of nitrogens with zero attached hydrogens (tertiary/aromatic N) is 3. The number of hydrogen-bond acceptors (Lipinski definition) is 8. The average Bonchev–Trinajstić information content (AvgIpc) is 3.02. The van der Waals surface area contributed by atoms with E-state index in [2.05, 4.69) is 22.6 Å². The predicted octanol–water partition coefficient (Wildman–Crippen LogP) is 5.87. The quantitative estimate of drug-likeness (QED) is 0.108. The van der Waals surface area contributed by atoms with E-state index in [1.54, 1.807) is 31.4 Å². The molecule has 6 N–H and O–H groups in total. The van der Waals surface area contributed by atoms with E-state index in [1.807, 2.05) is 48.5 Å². The molecule has 4 rings (SSSR count). The number of quaternary nitrogens is 1. The summed E-state index contributed by atoms with van der Waals surface area (Å²) in [7, 11) is 5.31. The summed E-state index contributed by atoms with van der Waals surface area (Å²) in [6, 6.07) is 21.9. The van der Waals surface area contributed by atoms with Gasteiger partial charge in [-0.3, -0.25) is 4.79 Å². The minimum Gasteiger partial charge on any atom is -0.505 e. The number of azo groups is 1. The standard InChI is InChI=1S/C33H40N6O4/c1-39(18-8-16-34,19-9-17-35)22-23-14-15-30(43-3)28(20-23)37-38-31-25-11-5-4-10-24(25)21-26(32(31)40)33(41)36-27-12-6-7-13-29(27)42-2/h4-7,10-15,20-21H,8-9,16-19,22,34-35H2,1-3H3,(H-,36,37,40,41)/p+1. The number of nitrogens with two attached hydrogens (primary N) is 2. The Hall–Kier alpha value is -4.51. The van der Waals surface area contributed by atoms with Gasteiger partial charge in [0.15, 0.2) is 5.75 Å². The third kappa shape index (κ3) is 7.66. The predicted molar refractivity (Wildman–Crippen MR) is 171 cm³/mol. The molecule has 0 saturated carbocycles. The Morgan fingerprint density at radius 2 is 1.56 bits per heavy atom. The van der Waals surface area contributed by atoms with Gasteiger partial charge in [-0.1, -0.05) is 36.4 Å². The van der Waals surface area contributed by atoms with E-state index in [9.17, 15) is 9.90 Å². The smallest absolute Gasteiger partial charge is 0.259 e. The molecule has 10 nitrogen and oxygen atoms in total. The highest BCUT2D eigenvalue weighted by Gasteiger charge is 2.23. The van der Waals surface area contributed by atoms with E-state index >= 15 is 0 Å². The number of phenols is 1. The molecule has 0 radical (unpaired) electrons. The third-order valence-corrected chi connectivity index (χ3v) is 7.46. The molecule has 0 spiro atoms. The van der Waals surface area contributed by atoms with Gasteiger partial charge in [0.25, 0.3) is 5.91 Å². The number of rotatable bonds is 14. The van der Waals surface area contributed by atoms with Crippen LogP contribution < -0.4 is 26.3 Å². The normalized spacial score (nSPS) is 11.7. The van der Waals surface area contributed by atoms with Crippen LogP contribution in [0.1, 0.15) is 28.8 Å². The van der Waals surface area contributed by atoms with E-state index in [0.29, 0.717) is 41.3 Å². The summed E-state index contributed by atoms with van der Waals surface area (Å²) in [5.74, 6) is 0.261. The monoisotopic (exact) mass is 585 g/mol. The Morgan fingerprint density at radius 1 is 0.884 bits per heavy atom. The molecule has 43 heavy (non-hydrogen) atoms. The number of phenolic OH excluding ortho intramolecular Hbond substituents is 1. The Labute approximate surface area is 252 Å². The minimum atomic E-state index is -0.504. The molecular formula is C33H41N6O4+. The number of methoxy groups -OCH3 is 2. The maximum Gasteiger partial charge on any atom is 0.259 e. The summed E-state index contributed by atoms with van der Waals surface area (Å²) in [5, 5.41) is 24.6. The number of fused-ring (bicyclic) bond motifs is 1. The van der Waals surface area contributed by atoms with Crippen LogP contribution in [0, 0.1) is 0 Å². The number of amides is 1. The van der Waals surface area contributed by atoms with Crippen LogP contribution in [-0.2, 0) is 6.54 Å². The van der Waals surface area contributed by atoms with Crippen LogP contribution in [0.5, 0.6) is 17.2 Å². The highest BCUT2D eigenvalue weighted by Crippen LogP contribution is 2.41. The van der Waals surface area contributed by atoms with Gasteiger partial charge in [0, 0.05) is 23.8 Å². The Balaban J connectivity index is 1.71. The maximum absolute atomic E-state index is 13.4. The third-order valence-electron chi connectivity index (χ3n) is 7.46. The number of nitrogens with one attached hydrogen (secondary N) is 1. The van der Waals surface area contributed by atoms with Gasteiger partial charge in [-0.15, -0.1) is 10.2 Å². The Morgan fingerprint density at radius 3 is 2.26 bits per heavy atom. The van der Waals surface area contributed by atoms with Gasteiger partial charge in [-0.05, 0) is 54.9 Å². The molecule has 0 aromatic heterocycles. The van der Waals surface area contributed by atoms with Crippen LogP contribution in [0.2, 0.25) is 0 Å². The SMILES string of the molecule is COc1ccc(C[N+](C)(CCCN)CCCN)cc1N=Nc1c(O)c(C(=O)Nc2ccccc2OC)cc2ccccc12. The fourth-order valence-corrected chi connectivity index (χ4v) is 5.20. The summed E-state index contributed by atoms with van der Waals surface area (Å²) < 4.78 is 11.7. The van der Waals surface area contributed by atoms with Gasteiger partial charge < -0.3 is 35.8 Å². The topological polar surface area (TPSA) is 145 Å². The van der Waals surface area contributed by atoms with E-state index in [4.69, 9.17) is 20.9 Å². The van der Waals surface area contributed by atoms with E-state index in [-0.39, 0.29) is 17.0 Å². The van der Waals surface area contributed by atoms with Crippen molar-refractivity contribution >= 4 is 33.7 Å². The van der Waals surface area contributed by atoms with Crippen molar-refractivity contribution in [2.24, 2.45) is 21.7 Å². The van der Waals surface area contributed by atoms with Crippen molar-refractivity contribution in [2.75, 3.05) is 52.8 Å². The number of carbonyl (C=O) groups is 1. The van der Waals surface area contributed by atoms with Gasteiger partial charge >= 0.3 is 0 Å². The zero-order valence-electron chi connectivity index (χ0n) is 25.0. The van der Waals surface area contributed by atoms with Crippen molar-refractivity contribution in [2.45, 2.75) is 19.4 Å². The molecule has 0 bridgehead atoms. The van der Waals surface area contributed by atoms with Gasteiger partial charge in [-0.25, -0.2) is 0 Å². The van der Waals surface area contributed by atoms with Crippen molar-refractivity contribution in [3.8, 4) is 17.2 Å². The zero-order chi connectivity index (χ0) is 30.8. The number of carbonyl (C=O) groups excluding carboxylic acids is 1. The molecule has 226 valence electrons. The average molecular weight is 586 g/mol. The fraction of sp³-hybridized carbons (Fsp3) is 0.303. The Kier molecular flexibility index (Phi) is 10.7. The summed E-state index contributed by atoms with van der Waals surface area (Å²) >= 11 is 0. The molecule has 0 fully saturated rings. The van der Waals surface area contributed by atoms with E-state index < -0.39 is 5.91 Å². The molecular weight excluding hydrogens is 544 g/mol. The summed E-state index contributed by atoms with van der Waals surface area (Å²) in [4.78, 5) is 13.4. The molecule has 0 aliphatic carbocycles. The minimum absolute atomic E-state index is 0.0622. The number of ether oxygens (including phenoxy) is 2. The number of anilines is 1. The second-order valence-corrected chi connectivity index (χ2v) is 10.7. The van der Waals surface area contributed by atoms with Gasteiger partial charge in [0.05, 0.1) is 45.6 Å². The first-order chi connectivity index (χ1) is 20.8. The van der Waals surface area contributed by atoms with Gasteiger partial charge in [-0.2, -0.15) is 0 Å². The molecule has 4 aromatic rings. The van der Waals surface area contributed by atoms with Crippen molar-refractivity contribution in [3.05, 3.63) is 83.9 Å². The summed E-state index contributed by atoms with van der Waals surface area (Å²) in [5.41, 5.74) is 13.9. The van der Waals surface area contributed by atoms with Crippen LogP contribution in [0.15, 0.2) is 83.0 Å². The van der Waals surface area contributed by atoms with E-state index in [1.165, 1.54) is 7.11 Å². The molecule has 4 aromatic carbocycles. The highest BCUT2D eigenvalue weighted by molar-refractivity contribution is 6.12. The lowest BCUT2D eigenvalue weighted by molar-refractivity contribution is -0.922. The molecule has 0 aliphatic rings. The number of benzene rings is 4. The van der Waals surface area contributed by atoms with Crippen molar-refractivity contribution < 1.29 is 23.9 Å². The molecule has 0 unspecified atom stereocenters. The van der Waals surface area contributed by atoms with Crippen molar-refractivity contribution in [3.63, 3.8) is 0 Å². The largest absolute Gasteiger partial charge is 0.505 e. The lowest BCUT2D eigenvalue weighted by Crippen LogP contribution is -2.45. The first-order valence-corrected chi connectivity index (χ1v) is 14.3. The molecule has 10 heteroatoms. The second kappa shape index (κ2) is 14.6. The fourth-order valence-electron chi connectivity index (χ4n) is 5.20.